The molecule has 3 aromatic rings. The first kappa shape index (κ1) is 32.2. The smallest absolute Gasteiger partial charge is 0.317 e. The number of benzene rings is 2. The molecule has 10 nitrogen and oxygen atoms in total. The summed E-state index contributed by atoms with van der Waals surface area (Å²) in [5, 5.41) is 6.34. The standard InChI is InChI=1S/C35H46N6O4/c1-23(2)44-30-21-41(22-30)34(43)37-20-27-8-7-26(19-24(27)3)31-13-16-36-33(39-31)38-28-9-11-29(12-10-28)40-17-14-25(15-18-40)32(42)45-35(4,5)6/h7-13,16,19,23,25,30H,14-15,17-18,20-22H2,1-6H3,(H,37,43)(H,36,38,39). The maximum absolute atomic E-state index is 12.5. The highest BCUT2D eigenvalue weighted by Crippen LogP contribution is 2.28. The molecule has 0 unspecified atom stereocenters. The molecular weight excluding hydrogens is 568 g/mol. The molecule has 0 spiro atoms. The highest BCUT2D eigenvalue weighted by molar-refractivity contribution is 5.75. The molecule has 2 amide bonds. The Balaban J connectivity index is 1.12. The number of ether oxygens (including phenoxy) is 2. The van der Waals surface area contributed by atoms with Crippen LogP contribution in [0.15, 0.2) is 54.7 Å². The van der Waals surface area contributed by atoms with Crippen LogP contribution in [0.2, 0.25) is 0 Å². The van der Waals surface area contributed by atoms with Gasteiger partial charge in [0, 0.05) is 42.8 Å². The third kappa shape index (κ3) is 8.72. The fourth-order valence-corrected chi connectivity index (χ4v) is 5.63. The van der Waals surface area contributed by atoms with E-state index in [1.807, 2.05) is 71.9 Å². The van der Waals surface area contributed by atoms with Crippen molar-refractivity contribution >= 4 is 29.3 Å². The van der Waals surface area contributed by atoms with Crippen LogP contribution in [0.3, 0.4) is 0 Å². The third-order valence-corrected chi connectivity index (χ3v) is 8.05. The zero-order valence-electron chi connectivity index (χ0n) is 27.3. The summed E-state index contributed by atoms with van der Waals surface area (Å²) in [5.74, 6) is 0.384. The number of amides is 2. The van der Waals surface area contributed by atoms with Gasteiger partial charge in [0.15, 0.2) is 0 Å². The van der Waals surface area contributed by atoms with Gasteiger partial charge in [0.05, 0.1) is 36.9 Å². The average molecular weight is 615 g/mol. The number of aromatic nitrogens is 2. The molecule has 10 heteroatoms. The summed E-state index contributed by atoms with van der Waals surface area (Å²) in [5.41, 5.74) is 5.50. The normalized spacial score (nSPS) is 16.0. The zero-order valence-corrected chi connectivity index (χ0v) is 27.3. The van der Waals surface area contributed by atoms with E-state index in [0.717, 1.165) is 59.7 Å². The largest absolute Gasteiger partial charge is 0.460 e. The van der Waals surface area contributed by atoms with Gasteiger partial charge >= 0.3 is 12.0 Å². The summed E-state index contributed by atoms with van der Waals surface area (Å²) in [6.45, 7) is 15.2. The topological polar surface area (TPSA) is 109 Å². The number of esters is 1. The molecule has 45 heavy (non-hydrogen) atoms. The molecule has 2 fully saturated rings. The van der Waals surface area contributed by atoms with Gasteiger partial charge < -0.3 is 29.9 Å². The second-order valence-corrected chi connectivity index (χ2v) is 13.2. The number of carbonyl (C=O) groups excluding carboxylic acids is 2. The van der Waals surface area contributed by atoms with Crippen LogP contribution >= 0.6 is 0 Å². The number of hydrogen-bond acceptors (Lipinski definition) is 8. The van der Waals surface area contributed by atoms with Gasteiger partial charge in [-0.05, 0) is 102 Å². The van der Waals surface area contributed by atoms with Gasteiger partial charge in [-0.2, -0.15) is 0 Å². The number of piperidine rings is 1. The molecule has 3 heterocycles. The lowest BCUT2D eigenvalue weighted by molar-refractivity contribution is -0.160. The number of urea groups is 1. The Morgan fingerprint density at radius 2 is 1.73 bits per heavy atom. The van der Waals surface area contributed by atoms with Crippen molar-refractivity contribution in [3.05, 3.63) is 65.9 Å². The Bertz CT molecular complexity index is 1470. The van der Waals surface area contributed by atoms with Crippen molar-refractivity contribution in [1.29, 1.82) is 0 Å². The molecule has 2 saturated heterocycles. The van der Waals surface area contributed by atoms with E-state index < -0.39 is 5.60 Å². The lowest BCUT2D eigenvalue weighted by atomic mass is 9.96. The molecule has 5 rings (SSSR count). The number of rotatable bonds is 9. The maximum Gasteiger partial charge on any atom is 0.317 e. The van der Waals surface area contributed by atoms with Crippen molar-refractivity contribution < 1.29 is 19.1 Å². The van der Waals surface area contributed by atoms with E-state index in [-0.39, 0.29) is 30.1 Å². The van der Waals surface area contributed by atoms with Gasteiger partial charge in [0.25, 0.3) is 0 Å². The van der Waals surface area contributed by atoms with Gasteiger partial charge in [0.1, 0.15) is 5.60 Å². The maximum atomic E-state index is 12.5. The summed E-state index contributed by atoms with van der Waals surface area (Å²) >= 11 is 0. The number of aryl methyl sites for hydroxylation is 1. The molecule has 0 bridgehead atoms. The minimum atomic E-state index is -0.452. The molecule has 2 aliphatic rings. The minimum Gasteiger partial charge on any atom is -0.460 e. The molecule has 240 valence electrons. The summed E-state index contributed by atoms with van der Waals surface area (Å²) in [6.07, 6.45) is 3.63. The predicted molar refractivity (Wildman–Crippen MR) is 177 cm³/mol. The van der Waals surface area contributed by atoms with E-state index in [2.05, 4.69) is 38.7 Å². The Hall–Kier alpha value is -4.18. The SMILES string of the molecule is Cc1cc(-c2ccnc(Nc3ccc(N4CCC(C(=O)OC(C)(C)C)CC4)cc3)n2)ccc1CNC(=O)N1CC(OC(C)C)C1. The van der Waals surface area contributed by atoms with Crippen LogP contribution in [-0.4, -0.2) is 70.9 Å². The van der Waals surface area contributed by atoms with Crippen molar-refractivity contribution in [3.63, 3.8) is 0 Å². The van der Waals surface area contributed by atoms with Crippen LogP contribution in [0.5, 0.6) is 0 Å². The van der Waals surface area contributed by atoms with Crippen LogP contribution < -0.4 is 15.5 Å². The molecule has 2 aliphatic heterocycles. The van der Waals surface area contributed by atoms with Crippen LogP contribution in [-0.2, 0) is 20.8 Å². The summed E-state index contributed by atoms with van der Waals surface area (Å²) < 4.78 is 11.3. The van der Waals surface area contributed by atoms with Crippen LogP contribution in [0.25, 0.3) is 11.3 Å². The van der Waals surface area contributed by atoms with E-state index in [1.165, 1.54) is 0 Å². The van der Waals surface area contributed by atoms with E-state index >= 15 is 0 Å². The molecular formula is C35H46N6O4. The van der Waals surface area contributed by atoms with Gasteiger partial charge in [-0.3, -0.25) is 4.79 Å². The first-order chi connectivity index (χ1) is 21.4. The lowest BCUT2D eigenvalue weighted by Gasteiger charge is -2.39. The van der Waals surface area contributed by atoms with Crippen LogP contribution in [0.1, 0.15) is 58.6 Å². The van der Waals surface area contributed by atoms with E-state index in [1.54, 1.807) is 11.1 Å². The fourth-order valence-electron chi connectivity index (χ4n) is 5.63. The quantitative estimate of drug-likeness (QED) is 0.280. The highest BCUT2D eigenvalue weighted by Gasteiger charge is 2.32. The van der Waals surface area contributed by atoms with Gasteiger partial charge in [-0.1, -0.05) is 12.1 Å². The van der Waals surface area contributed by atoms with E-state index in [4.69, 9.17) is 14.5 Å². The molecule has 1 aromatic heterocycles. The Morgan fingerprint density at radius 1 is 1.02 bits per heavy atom. The summed E-state index contributed by atoms with van der Waals surface area (Å²) in [6, 6.07) is 16.2. The van der Waals surface area contributed by atoms with Gasteiger partial charge in [0.2, 0.25) is 5.95 Å². The molecule has 0 radical (unpaired) electrons. The molecule has 0 atom stereocenters. The third-order valence-electron chi connectivity index (χ3n) is 8.05. The molecule has 0 aliphatic carbocycles. The fraction of sp³-hybridized carbons (Fsp3) is 0.486. The minimum absolute atomic E-state index is 0.0412. The first-order valence-electron chi connectivity index (χ1n) is 15.9. The van der Waals surface area contributed by atoms with Crippen LogP contribution in [0.4, 0.5) is 22.1 Å². The average Bonchev–Trinajstić information content (AvgIpc) is 2.97. The molecule has 0 saturated carbocycles. The van der Waals surface area contributed by atoms with Crippen LogP contribution in [0, 0.1) is 12.8 Å². The lowest BCUT2D eigenvalue weighted by Crippen LogP contribution is -2.58. The van der Waals surface area contributed by atoms with E-state index in [0.29, 0.717) is 25.6 Å². The predicted octanol–water partition coefficient (Wildman–Crippen LogP) is 6.07. The Morgan fingerprint density at radius 3 is 2.38 bits per heavy atom. The number of carbonyl (C=O) groups is 2. The monoisotopic (exact) mass is 614 g/mol. The van der Waals surface area contributed by atoms with Crippen molar-refractivity contribution in [1.82, 2.24) is 20.2 Å². The summed E-state index contributed by atoms with van der Waals surface area (Å²) in [4.78, 5) is 38.2. The number of hydrogen-bond donors (Lipinski definition) is 2. The van der Waals surface area contributed by atoms with Crippen molar-refractivity contribution in [3.8, 4) is 11.3 Å². The highest BCUT2D eigenvalue weighted by atomic mass is 16.6. The summed E-state index contributed by atoms with van der Waals surface area (Å²) in [7, 11) is 0. The van der Waals surface area contributed by atoms with Gasteiger partial charge in [-0.15, -0.1) is 0 Å². The van der Waals surface area contributed by atoms with Gasteiger partial charge in [-0.25, -0.2) is 14.8 Å². The number of likely N-dealkylation sites (tertiary alicyclic amines) is 1. The number of nitrogens with zero attached hydrogens (tertiary/aromatic N) is 4. The number of anilines is 3. The zero-order chi connectivity index (χ0) is 32.1. The Kier molecular flexibility index (Phi) is 9.92. The molecule has 2 aromatic carbocycles. The van der Waals surface area contributed by atoms with Crippen molar-refractivity contribution in [2.45, 2.75) is 78.7 Å². The van der Waals surface area contributed by atoms with Crippen molar-refractivity contribution in [2.75, 3.05) is 36.4 Å². The first-order valence-corrected chi connectivity index (χ1v) is 15.9. The van der Waals surface area contributed by atoms with E-state index in [9.17, 15) is 9.59 Å². The number of nitrogens with one attached hydrogen (secondary N) is 2. The van der Waals surface area contributed by atoms with Crippen molar-refractivity contribution in [2.24, 2.45) is 5.92 Å². The second-order valence-electron chi connectivity index (χ2n) is 13.2. The Labute approximate surface area is 266 Å². The second kappa shape index (κ2) is 13.9. The molecule has 2 N–H and O–H groups in total.